The maximum atomic E-state index is 12.5. The number of carbonyl (C=O) groups is 2. The summed E-state index contributed by atoms with van der Waals surface area (Å²) in [6.45, 7) is 7.47. The number of nitrogen functional groups attached to an aromatic ring is 1. The molecule has 24 heavy (non-hydrogen) atoms. The van der Waals surface area contributed by atoms with Crippen molar-refractivity contribution in [3.63, 3.8) is 0 Å². The second-order valence-corrected chi connectivity index (χ2v) is 6.66. The molecule has 1 fully saturated rings. The number of benzene rings is 1. The van der Waals surface area contributed by atoms with Crippen molar-refractivity contribution in [2.75, 3.05) is 18.8 Å². The zero-order valence-electron chi connectivity index (χ0n) is 15.0. The first-order chi connectivity index (χ1) is 11.5. The zero-order chi connectivity index (χ0) is 17.7. The van der Waals surface area contributed by atoms with Gasteiger partial charge < -0.3 is 16.0 Å². The van der Waals surface area contributed by atoms with Crippen LogP contribution in [0.3, 0.4) is 0 Å². The van der Waals surface area contributed by atoms with Gasteiger partial charge in [-0.05, 0) is 50.3 Å². The molecule has 0 bridgehead atoms. The number of hydrogen-bond acceptors (Lipinski definition) is 3. The van der Waals surface area contributed by atoms with Gasteiger partial charge in [-0.1, -0.05) is 19.9 Å². The Balaban J connectivity index is 1.90. The largest absolute Gasteiger partial charge is 0.399 e. The highest BCUT2D eigenvalue weighted by Gasteiger charge is 2.27. The first-order valence-electron chi connectivity index (χ1n) is 8.92. The molecule has 0 saturated carbocycles. The molecule has 1 aromatic rings. The quantitative estimate of drug-likeness (QED) is 0.815. The average molecular weight is 331 g/mol. The number of piperidine rings is 1. The van der Waals surface area contributed by atoms with Crippen LogP contribution in [0, 0.1) is 12.8 Å². The van der Waals surface area contributed by atoms with Gasteiger partial charge in [0.2, 0.25) is 5.91 Å². The Kier molecular flexibility index (Phi) is 6.23. The molecule has 0 aromatic heterocycles. The molecule has 5 nitrogen and oxygen atoms in total. The highest BCUT2D eigenvalue weighted by molar-refractivity contribution is 5.96. The zero-order valence-corrected chi connectivity index (χ0v) is 15.0. The Morgan fingerprint density at radius 1 is 1.25 bits per heavy atom. The Hall–Kier alpha value is -2.04. The average Bonchev–Trinajstić information content (AvgIpc) is 2.58. The number of nitrogens with zero attached hydrogens (tertiary/aromatic N) is 1. The third kappa shape index (κ3) is 4.28. The van der Waals surface area contributed by atoms with E-state index in [1.54, 1.807) is 12.1 Å². The summed E-state index contributed by atoms with van der Waals surface area (Å²) in [6, 6.07) is 5.50. The fourth-order valence-electron chi connectivity index (χ4n) is 3.29. The molecule has 0 unspecified atom stereocenters. The van der Waals surface area contributed by atoms with Crippen LogP contribution in [0.5, 0.6) is 0 Å². The van der Waals surface area contributed by atoms with Gasteiger partial charge in [0.15, 0.2) is 0 Å². The van der Waals surface area contributed by atoms with E-state index in [4.69, 9.17) is 5.73 Å². The van der Waals surface area contributed by atoms with Crippen LogP contribution in [0.25, 0.3) is 0 Å². The van der Waals surface area contributed by atoms with Gasteiger partial charge in [-0.2, -0.15) is 0 Å². The lowest BCUT2D eigenvalue weighted by Crippen LogP contribution is -2.48. The number of likely N-dealkylation sites (tertiary alicyclic amines) is 1. The number of anilines is 1. The minimum absolute atomic E-state index is 0.0791. The number of rotatable bonds is 5. The van der Waals surface area contributed by atoms with E-state index in [2.05, 4.69) is 19.2 Å². The minimum Gasteiger partial charge on any atom is -0.399 e. The van der Waals surface area contributed by atoms with E-state index in [9.17, 15) is 9.59 Å². The van der Waals surface area contributed by atoms with Gasteiger partial charge in [-0.3, -0.25) is 9.59 Å². The van der Waals surface area contributed by atoms with Crippen LogP contribution in [0.4, 0.5) is 5.69 Å². The summed E-state index contributed by atoms with van der Waals surface area (Å²) in [5.41, 5.74) is 7.92. The second-order valence-electron chi connectivity index (χ2n) is 6.66. The molecule has 0 spiro atoms. The molecular weight excluding hydrogens is 302 g/mol. The number of nitrogens with one attached hydrogen (secondary N) is 1. The van der Waals surface area contributed by atoms with Gasteiger partial charge >= 0.3 is 0 Å². The number of amides is 2. The molecule has 1 aliphatic rings. The van der Waals surface area contributed by atoms with Gasteiger partial charge in [-0.15, -0.1) is 0 Å². The lowest BCUT2D eigenvalue weighted by molar-refractivity contribution is -0.136. The Bertz CT molecular complexity index is 588. The summed E-state index contributed by atoms with van der Waals surface area (Å²) in [6.07, 6.45) is 3.39. The lowest BCUT2D eigenvalue weighted by atomic mass is 9.98. The molecule has 2 amide bonds. The minimum atomic E-state index is -0.0791. The summed E-state index contributed by atoms with van der Waals surface area (Å²) in [4.78, 5) is 26.8. The number of carbonyl (C=O) groups excluding carboxylic acids is 2. The van der Waals surface area contributed by atoms with Gasteiger partial charge in [-0.25, -0.2) is 0 Å². The van der Waals surface area contributed by atoms with Crippen molar-refractivity contribution in [2.45, 2.75) is 52.5 Å². The molecule has 5 heteroatoms. The number of nitrogens with two attached hydrogens (primary N) is 1. The third-order valence-corrected chi connectivity index (χ3v) is 4.98. The van der Waals surface area contributed by atoms with Crippen LogP contribution in [0.1, 0.15) is 55.5 Å². The monoisotopic (exact) mass is 331 g/mol. The molecule has 132 valence electrons. The fourth-order valence-corrected chi connectivity index (χ4v) is 3.29. The first-order valence-corrected chi connectivity index (χ1v) is 8.92. The van der Waals surface area contributed by atoms with E-state index in [0.717, 1.165) is 44.3 Å². The van der Waals surface area contributed by atoms with E-state index in [1.165, 1.54) is 0 Å². The fraction of sp³-hybridized carbons (Fsp3) is 0.579. The normalized spacial score (nSPS) is 15.6. The molecule has 0 atom stereocenters. The highest BCUT2D eigenvalue weighted by atomic mass is 16.2. The van der Waals surface area contributed by atoms with Gasteiger partial charge in [0.1, 0.15) is 0 Å². The van der Waals surface area contributed by atoms with Crippen molar-refractivity contribution in [3.8, 4) is 0 Å². The highest BCUT2D eigenvalue weighted by Crippen LogP contribution is 2.18. The van der Waals surface area contributed by atoms with Crippen LogP contribution in [0.15, 0.2) is 18.2 Å². The number of hydrogen-bond donors (Lipinski definition) is 2. The van der Waals surface area contributed by atoms with Crippen molar-refractivity contribution >= 4 is 17.5 Å². The molecule has 1 saturated heterocycles. The van der Waals surface area contributed by atoms with Crippen molar-refractivity contribution in [1.82, 2.24) is 10.2 Å². The topological polar surface area (TPSA) is 75.4 Å². The first kappa shape index (κ1) is 18.3. The molecule has 3 N–H and O–H groups in total. The van der Waals surface area contributed by atoms with Gasteiger partial charge in [0, 0.05) is 36.3 Å². The van der Waals surface area contributed by atoms with Crippen LogP contribution in [-0.4, -0.2) is 35.8 Å². The Morgan fingerprint density at radius 2 is 1.88 bits per heavy atom. The lowest BCUT2D eigenvalue weighted by Gasteiger charge is -2.34. The Labute approximate surface area is 144 Å². The summed E-state index contributed by atoms with van der Waals surface area (Å²) in [5.74, 6) is 0.312. The maximum Gasteiger partial charge on any atom is 0.251 e. The van der Waals surface area contributed by atoms with E-state index >= 15 is 0 Å². The van der Waals surface area contributed by atoms with E-state index in [1.807, 2.05) is 17.9 Å². The van der Waals surface area contributed by atoms with Crippen LogP contribution >= 0.6 is 0 Å². The molecule has 0 radical (unpaired) electrons. The SMILES string of the molecule is CCC(CC)C(=O)N1CCC(NC(=O)c2cc(N)ccc2C)CC1. The summed E-state index contributed by atoms with van der Waals surface area (Å²) in [5, 5.41) is 3.09. The van der Waals surface area contributed by atoms with E-state index in [-0.39, 0.29) is 23.8 Å². The summed E-state index contributed by atoms with van der Waals surface area (Å²) in [7, 11) is 0. The van der Waals surface area contributed by atoms with Crippen molar-refractivity contribution in [1.29, 1.82) is 0 Å². The predicted octanol–water partition coefficient (Wildman–Crippen LogP) is 2.73. The molecule has 1 heterocycles. The smallest absolute Gasteiger partial charge is 0.251 e. The van der Waals surface area contributed by atoms with Crippen LogP contribution in [-0.2, 0) is 4.79 Å². The number of aryl methyl sites for hydroxylation is 1. The molecule has 0 aliphatic carbocycles. The molecular formula is C19H29N3O2. The van der Waals surface area contributed by atoms with Crippen LogP contribution in [0.2, 0.25) is 0 Å². The standard InChI is InChI=1S/C19H29N3O2/c1-4-14(5-2)19(24)22-10-8-16(9-11-22)21-18(23)17-12-15(20)7-6-13(17)3/h6-7,12,14,16H,4-5,8-11,20H2,1-3H3,(H,21,23). The van der Waals surface area contributed by atoms with Crippen molar-refractivity contribution in [2.24, 2.45) is 5.92 Å². The Morgan fingerprint density at radius 3 is 2.46 bits per heavy atom. The van der Waals surface area contributed by atoms with E-state index in [0.29, 0.717) is 11.3 Å². The molecule has 1 aliphatic heterocycles. The maximum absolute atomic E-state index is 12.5. The molecule has 1 aromatic carbocycles. The van der Waals surface area contributed by atoms with Crippen molar-refractivity contribution < 1.29 is 9.59 Å². The summed E-state index contributed by atoms with van der Waals surface area (Å²) >= 11 is 0. The van der Waals surface area contributed by atoms with Crippen molar-refractivity contribution in [3.05, 3.63) is 29.3 Å². The third-order valence-electron chi connectivity index (χ3n) is 4.98. The second kappa shape index (κ2) is 8.18. The van der Waals surface area contributed by atoms with Crippen LogP contribution < -0.4 is 11.1 Å². The molecule has 2 rings (SSSR count). The van der Waals surface area contributed by atoms with Gasteiger partial charge in [0.25, 0.3) is 5.91 Å². The predicted molar refractivity (Wildman–Crippen MR) is 96.7 cm³/mol. The summed E-state index contributed by atoms with van der Waals surface area (Å²) < 4.78 is 0. The van der Waals surface area contributed by atoms with Gasteiger partial charge in [0.05, 0.1) is 0 Å². The van der Waals surface area contributed by atoms with E-state index < -0.39 is 0 Å².